The van der Waals surface area contributed by atoms with Gasteiger partial charge in [0.1, 0.15) is 23.0 Å². The second kappa shape index (κ2) is 8.47. The first-order chi connectivity index (χ1) is 13.6. The number of benzene rings is 2. The SMILES string of the molecule is COc1ccc(CC2=N/C(=C\c3cc(OC)c(OC)cc3OC)C(=O)N2)cc1. The lowest BCUT2D eigenvalue weighted by molar-refractivity contribution is -0.115. The molecule has 3 rings (SSSR count). The molecule has 0 saturated heterocycles. The van der Waals surface area contributed by atoms with Crippen LogP contribution in [0, 0.1) is 0 Å². The summed E-state index contributed by atoms with van der Waals surface area (Å²) in [6.07, 6.45) is 2.17. The highest BCUT2D eigenvalue weighted by Gasteiger charge is 2.21. The number of amides is 1. The zero-order chi connectivity index (χ0) is 20.1. The van der Waals surface area contributed by atoms with Crippen molar-refractivity contribution in [3.05, 3.63) is 53.2 Å². The Labute approximate surface area is 163 Å². The normalized spacial score (nSPS) is 14.5. The maximum atomic E-state index is 12.3. The van der Waals surface area contributed by atoms with E-state index in [2.05, 4.69) is 10.3 Å². The fraction of sp³-hybridized carbons (Fsp3) is 0.238. The molecule has 0 aliphatic carbocycles. The van der Waals surface area contributed by atoms with E-state index in [-0.39, 0.29) is 5.91 Å². The van der Waals surface area contributed by atoms with E-state index in [1.807, 2.05) is 24.3 Å². The fourth-order valence-electron chi connectivity index (χ4n) is 2.85. The van der Waals surface area contributed by atoms with E-state index >= 15 is 0 Å². The summed E-state index contributed by atoms with van der Waals surface area (Å²) in [5, 5.41) is 2.80. The monoisotopic (exact) mass is 382 g/mol. The lowest BCUT2D eigenvalue weighted by Gasteiger charge is -2.12. The Balaban J connectivity index is 1.88. The number of nitrogens with zero attached hydrogens (tertiary/aromatic N) is 1. The molecule has 0 bridgehead atoms. The molecule has 1 amide bonds. The van der Waals surface area contributed by atoms with Gasteiger partial charge in [-0.25, -0.2) is 4.99 Å². The van der Waals surface area contributed by atoms with Gasteiger partial charge in [0.15, 0.2) is 11.5 Å². The van der Waals surface area contributed by atoms with Gasteiger partial charge in [-0.3, -0.25) is 4.79 Å². The van der Waals surface area contributed by atoms with Crippen LogP contribution in [0.5, 0.6) is 23.0 Å². The topological polar surface area (TPSA) is 78.4 Å². The number of hydrogen-bond acceptors (Lipinski definition) is 6. The number of carbonyl (C=O) groups excluding carboxylic acids is 1. The van der Waals surface area contributed by atoms with E-state index in [0.29, 0.717) is 40.8 Å². The van der Waals surface area contributed by atoms with Gasteiger partial charge in [0.05, 0.1) is 28.4 Å². The number of methoxy groups -OCH3 is 4. The summed E-state index contributed by atoms with van der Waals surface area (Å²) in [5.41, 5.74) is 1.98. The van der Waals surface area contributed by atoms with Gasteiger partial charge in [0.2, 0.25) is 0 Å². The van der Waals surface area contributed by atoms with Crippen molar-refractivity contribution in [2.75, 3.05) is 28.4 Å². The summed E-state index contributed by atoms with van der Waals surface area (Å²) >= 11 is 0. The maximum Gasteiger partial charge on any atom is 0.275 e. The van der Waals surface area contributed by atoms with E-state index in [0.717, 1.165) is 11.3 Å². The quantitative estimate of drug-likeness (QED) is 0.745. The first-order valence-corrected chi connectivity index (χ1v) is 8.61. The highest BCUT2D eigenvalue weighted by Crippen LogP contribution is 2.36. The minimum absolute atomic E-state index is 0.264. The largest absolute Gasteiger partial charge is 0.497 e. The smallest absolute Gasteiger partial charge is 0.275 e. The third-order valence-electron chi connectivity index (χ3n) is 4.30. The molecule has 0 atom stereocenters. The van der Waals surface area contributed by atoms with Crippen LogP contribution < -0.4 is 24.3 Å². The van der Waals surface area contributed by atoms with Crippen LogP contribution in [0.4, 0.5) is 0 Å². The van der Waals surface area contributed by atoms with Gasteiger partial charge in [-0.15, -0.1) is 0 Å². The minimum atomic E-state index is -0.264. The van der Waals surface area contributed by atoms with Gasteiger partial charge >= 0.3 is 0 Å². The van der Waals surface area contributed by atoms with Crippen molar-refractivity contribution in [1.82, 2.24) is 5.32 Å². The first kappa shape index (κ1) is 19.3. The van der Waals surface area contributed by atoms with Crippen LogP contribution in [-0.4, -0.2) is 40.2 Å². The van der Waals surface area contributed by atoms with Crippen molar-refractivity contribution in [1.29, 1.82) is 0 Å². The van der Waals surface area contributed by atoms with Crippen molar-refractivity contribution in [3.63, 3.8) is 0 Å². The summed E-state index contributed by atoms with van der Waals surface area (Å²) in [5.74, 6) is 2.73. The third-order valence-corrected chi connectivity index (χ3v) is 4.30. The Hall–Kier alpha value is -3.48. The van der Waals surface area contributed by atoms with Crippen molar-refractivity contribution in [3.8, 4) is 23.0 Å². The molecular formula is C21H22N2O5. The Bertz CT molecular complexity index is 933. The van der Waals surface area contributed by atoms with Crippen LogP contribution >= 0.6 is 0 Å². The molecule has 0 saturated carbocycles. The summed E-state index contributed by atoms with van der Waals surface area (Å²) in [6, 6.07) is 11.1. The average molecular weight is 382 g/mol. The van der Waals surface area contributed by atoms with E-state index in [4.69, 9.17) is 18.9 Å². The van der Waals surface area contributed by atoms with E-state index in [9.17, 15) is 4.79 Å². The number of aliphatic imine (C=N–C) groups is 1. The number of hydrogen-bond donors (Lipinski definition) is 1. The molecule has 28 heavy (non-hydrogen) atoms. The van der Waals surface area contributed by atoms with E-state index in [1.165, 1.54) is 0 Å². The molecule has 2 aromatic rings. The summed E-state index contributed by atoms with van der Waals surface area (Å²) < 4.78 is 21.2. The molecule has 1 aliphatic rings. The Morgan fingerprint density at radius 3 is 2.14 bits per heavy atom. The van der Waals surface area contributed by atoms with Crippen LogP contribution in [-0.2, 0) is 11.2 Å². The number of carbonyl (C=O) groups is 1. The number of nitrogens with one attached hydrogen (secondary N) is 1. The van der Waals surface area contributed by atoms with E-state index in [1.54, 1.807) is 46.6 Å². The van der Waals surface area contributed by atoms with Gasteiger partial charge < -0.3 is 24.3 Å². The van der Waals surface area contributed by atoms with Gasteiger partial charge in [0.25, 0.3) is 5.91 Å². The number of ether oxygens (including phenoxy) is 4. The lowest BCUT2D eigenvalue weighted by Crippen LogP contribution is -2.25. The Kier molecular flexibility index (Phi) is 5.84. The molecule has 7 heteroatoms. The lowest BCUT2D eigenvalue weighted by atomic mass is 10.1. The summed E-state index contributed by atoms with van der Waals surface area (Å²) in [7, 11) is 6.27. The zero-order valence-electron chi connectivity index (χ0n) is 16.2. The van der Waals surface area contributed by atoms with Crippen molar-refractivity contribution in [2.45, 2.75) is 6.42 Å². The summed E-state index contributed by atoms with van der Waals surface area (Å²) in [6.45, 7) is 0. The molecule has 0 fully saturated rings. The predicted octanol–water partition coefficient (Wildman–Crippen LogP) is 2.83. The third kappa shape index (κ3) is 4.09. The molecule has 0 aromatic heterocycles. The first-order valence-electron chi connectivity index (χ1n) is 8.61. The van der Waals surface area contributed by atoms with Crippen LogP contribution in [0.1, 0.15) is 11.1 Å². The molecule has 1 heterocycles. The Morgan fingerprint density at radius 2 is 1.54 bits per heavy atom. The molecular weight excluding hydrogens is 360 g/mol. The molecule has 1 aliphatic heterocycles. The summed E-state index contributed by atoms with van der Waals surface area (Å²) in [4.78, 5) is 16.8. The Morgan fingerprint density at radius 1 is 0.893 bits per heavy atom. The molecule has 0 unspecified atom stereocenters. The maximum absolute atomic E-state index is 12.3. The van der Waals surface area contributed by atoms with Crippen molar-refractivity contribution in [2.24, 2.45) is 4.99 Å². The standard InChI is InChI=1S/C21H22N2O5/c1-25-15-7-5-13(6-8-15)9-20-22-16(21(24)23-20)10-14-11-18(27-3)19(28-4)12-17(14)26-2/h5-8,10-12H,9H2,1-4H3,(H,22,23,24)/b16-10-. The van der Waals surface area contributed by atoms with Crippen LogP contribution in [0.15, 0.2) is 47.1 Å². The van der Waals surface area contributed by atoms with Gasteiger partial charge in [0, 0.05) is 18.1 Å². The highest BCUT2D eigenvalue weighted by atomic mass is 16.5. The zero-order valence-corrected chi connectivity index (χ0v) is 16.2. The van der Waals surface area contributed by atoms with Gasteiger partial charge in [-0.2, -0.15) is 0 Å². The molecule has 7 nitrogen and oxygen atoms in total. The second-order valence-electron chi connectivity index (χ2n) is 6.02. The predicted molar refractivity (Wildman–Crippen MR) is 106 cm³/mol. The van der Waals surface area contributed by atoms with Crippen LogP contribution in [0.25, 0.3) is 6.08 Å². The van der Waals surface area contributed by atoms with Crippen LogP contribution in [0.3, 0.4) is 0 Å². The molecule has 1 N–H and O–H groups in total. The second-order valence-corrected chi connectivity index (χ2v) is 6.02. The minimum Gasteiger partial charge on any atom is -0.497 e. The number of amidine groups is 1. The molecule has 146 valence electrons. The molecule has 0 radical (unpaired) electrons. The van der Waals surface area contributed by atoms with Gasteiger partial charge in [-0.05, 0) is 29.8 Å². The highest BCUT2D eigenvalue weighted by molar-refractivity contribution is 6.14. The van der Waals surface area contributed by atoms with Crippen LogP contribution in [0.2, 0.25) is 0 Å². The van der Waals surface area contributed by atoms with Gasteiger partial charge in [-0.1, -0.05) is 12.1 Å². The average Bonchev–Trinajstić information content (AvgIpc) is 3.06. The number of rotatable bonds is 7. The van der Waals surface area contributed by atoms with Crippen molar-refractivity contribution >= 4 is 17.8 Å². The fourth-order valence-corrected chi connectivity index (χ4v) is 2.85. The molecule has 0 spiro atoms. The molecule has 2 aromatic carbocycles. The van der Waals surface area contributed by atoms with Crippen molar-refractivity contribution < 1.29 is 23.7 Å². The van der Waals surface area contributed by atoms with E-state index < -0.39 is 0 Å².